The van der Waals surface area contributed by atoms with E-state index in [1.54, 1.807) is 24.1 Å². The number of aryl methyl sites for hydroxylation is 4. The Labute approximate surface area is 302 Å². The molecule has 2 aliphatic carbocycles. The van der Waals surface area contributed by atoms with E-state index >= 15 is 0 Å². The highest BCUT2D eigenvalue weighted by atomic mass is 32.2. The lowest BCUT2D eigenvalue weighted by molar-refractivity contribution is -0.119. The Balaban J connectivity index is 1.25. The number of allylic oxidation sites excluding steroid dienone is 1. The van der Waals surface area contributed by atoms with Crippen LogP contribution < -0.4 is 14.4 Å². The first-order valence-corrected chi connectivity index (χ1v) is 20.1. The molecule has 1 aromatic heterocycles. The van der Waals surface area contributed by atoms with Gasteiger partial charge < -0.3 is 14.4 Å². The quantitative estimate of drug-likeness (QED) is 0.318. The Morgan fingerprint density at radius 1 is 1.20 bits per heavy atom. The topological polar surface area (TPSA) is 115 Å². The van der Waals surface area contributed by atoms with E-state index in [4.69, 9.17) is 9.47 Å². The third-order valence-electron chi connectivity index (χ3n) is 11.4. The van der Waals surface area contributed by atoms with Crippen LogP contribution in [0.2, 0.25) is 0 Å². The van der Waals surface area contributed by atoms with Crippen LogP contribution in [0.1, 0.15) is 78.1 Å². The van der Waals surface area contributed by atoms with Crippen LogP contribution in [-0.2, 0) is 44.8 Å². The molecule has 1 spiro atoms. The SMILES string of the molecule is CO[C@H]1/C=C/C[C@H](C)C[S@@](=O)(NC(=O)CCc2cnn(C)c2)=NC(=O)c2ccc3c(c2)N(C[C@@H]2CC[C@H]21)C[C@@]1(CCCc2cc(C)ccc21)CO3. The van der Waals surface area contributed by atoms with E-state index in [0.717, 1.165) is 62.2 Å². The van der Waals surface area contributed by atoms with Gasteiger partial charge in [-0.05, 0) is 105 Å². The second-order valence-corrected chi connectivity index (χ2v) is 17.4. The lowest BCUT2D eigenvalue weighted by atomic mass is 9.68. The maximum absolute atomic E-state index is 14.5. The number of fused-ring (bicyclic) bond motifs is 4. The van der Waals surface area contributed by atoms with Crippen LogP contribution in [0.3, 0.4) is 0 Å². The van der Waals surface area contributed by atoms with Crippen molar-refractivity contribution in [3.05, 3.63) is 88.8 Å². The van der Waals surface area contributed by atoms with Gasteiger partial charge >= 0.3 is 0 Å². The minimum atomic E-state index is -3.45. The van der Waals surface area contributed by atoms with Crippen LogP contribution in [0.4, 0.5) is 5.69 Å². The van der Waals surface area contributed by atoms with Gasteiger partial charge in [-0.2, -0.15) is 5.10 Å². The number of nitrogens with one attached hydrogen (secondary N) is 1. The van der Waals surface area contributed by atoms with E-state index in [2.05, 4.69) is 56.4 Å². The minimum absolute atomic E-state index is 0.0342. The summed E-state index contributed by atoms with van der Waals surface area (Å²) < 4.78 is 35.9. The normalized spacial score (nSPS) is 29.8. The number of carbonyl (C=O) groups excluding carboxylic acids is 2. The molecule has 2 aromatic carbocycles. The Morgan fingerprint density at radius 2 is 2.06 bits per heavy atom. The number of ether oxygens (including phenoxy) is 2. The standard InChI is InChI=1S/C40H51N5O5S/c1-27-10-15-34-30(19-27)8-6-18-40(34)25-45-23-32-12-14-33(32)36(49-4)9-5-7-28(2)24-51(48,42-38(46)17-11-29-21-41-44(3)22-29)43-39(47)31-13-16-37(50-26-40)35(45)20-31/h5,9-10,13,15-16,19-22,28,32-33,36H,6-8,11-12,14,17-18,23-26H2,1-4H3,(H,42,43,46,47,48)/b9-5+/t28-,32-,33+,36-,40-,51+/m0/s1. The summed E-state index contributed by atoms with van der Waals surface area (Å²) in [4.78, 5) is 29.6. The summed E-state index contributed by atoms with van der Waals surface area (Å²) in [5.74, 6) is 0.432. The number of carbonyl (C=O) groups is 2. The lowest BCUT2D eigenvalue weighted by Gasteiger charge is -2.46. The maximum atomic E-state index is 14.5. The third kappa shape index (κ3) is 7.65. The van der Waals surface area contributed by atoms with Crippen molar-refractivity contribution in [1.82, 2.24) is 14.5 Å². The molecule has 11 heteroatoms. The Kier molecular flexibility index (Phi) is 10.1. The van der Waals surface area contributed by atoms with E-state index in [1.165, 1.54) is 16.7 Å². The monoisotopic (exact) mass is 713 g/mol. The first kappa shape index (κ1) is 35.4. The number of anilines is 1. The van der Waals surface area contributed by atoms with Gasteiger partial charge in [-0.15, -0.1) is 4.36 Å². The van der Waals surface area contributed by atoms with Crippen molar-refractivity contribution >= 4 is 27.4 Å². The van der Waals surface area contributed by atoms with Crippen molar-refractivity contribution in [3.8, 4) is 5.75 Å². The van der Waals surface area contributed by atoms with Crippen molar-refractivity contribution in [2.45, 2.75) is 76.7 Å². The van der Waals surface area contributed by atoms with Crippen LogP contribution >= 0.6 is 0 Å². The second-order valence-electron chi connectivity index (χ2n) is 15.4. The largest absolute Gasteiger partial charge is 0.490 e. The molecule has 6 atom stereocenters. The van der Waals surface area contributed by atoms with Crippen molar-refractivity contribution in [1.29, 1.82) is 0 Å². The van der Waals surface area contributed by atoms with Gasteiger partial charge in [-0.1, -0.05) is 42.8 Å². The number of hydrogen-bond acceptors (Lipinski definition) is 7. The van der Waals surface area contributed by atoms with Crippen LogP contribution in [0.25, 0.3) is 0 Å². The molecule has 3 aromatic rings. The number of nitrogens with zero attached hydrogens (tertiary/aromatic N) is 4. The van der Waals surface area contributed by atoms with Crippen LogP contribution in [0.15, 0.2) is 65.3 Å². The zero-order chi connectivity index (χ0) is 35.8. The molecule has 0 radical (unpaired) electrons. The second kappa shape index (κ2) is 14.6. The predicted molar refractivity (Wildman–Crippen MR) is 199 cm³/mol. The summed E-state index contributed by atoms with van der Waals surface area (Å²) in [5.41, 5.74) is 5.93. The number of amides is 2. The van der Waals surface area contributed by atoms with Gasteiger partial charge in [0.05, 0.1) is 30.3 Å². The molecular formula is C40H51N5O5S. The minimum Gasteiger partial charge on any atom is -0.490 e. The Morgan fingerprint density at radius 3 is 2.82 bits per heavy atom. The van der Waals surface area contributed by atoms with Gasteiger partial charge in [0, 0.05) is 50.8 Å². The number of hydrogen-bond donors (Lipinski definition) is 1. The Bertz CT molecular complexity index is 1950. The van der Waals surface area contributed by atoms with Gasteiger partial charge in [-0.3, -0.25) is 19.0 Å². The smallest absolute Gasteiger partial charge is 0.286 e. The van der Waals surface area contributed by atoms with Gasteiger partial charge in [0.1, 0.15) is 15.7 Å². The summed E-state index contributed by atoms with van der Waals surface area (Å²) >= 11 is 0. The highest BCUT2D eigenvalue weighted by Gasteiger charge is 2.44. The summed E-state index contributed by atoms with van der Waals surface area (Å²) in [6, 6.07) is 12.3. The Hall–Kier alpha value is -3.96. The molecule has 2 aliphatic heterocycles. The first-order valence-electron chi connectivity index (χ1n) is 18.4. The van der Waals surface area contributed by atoms with Crippen LogP contribution in [0.5, 0.6) is 5.75 Å². The van der Waals surface area contributed by atoms with Crippen LogP contribution in [0, 0.1) is 24.7 Å². The van der Waals surface area contributed by atoms with Gasteiger partial charge in [-0.25, -0.2) is 4.21 Å². The first-order chi connectivity index (χ1) is 24.5. The predicted octanol–water partition coefficient (Wildman–Crippen LogP) is 6.11. The van der Waals surface area contributed by atoms with Crippen LogP contribution in [-0.4, -0.2) is 64.5 Å². The van der Waals surface area contributed by atoms with Crippen molar-refractivity contribution in [3.63, 3.8) is 0 Å². The molecular weight excluding hydrogens is 663 g/mol. The molecule has 0 unspecified atom stereocenters. The molecule has 10 nitrogen and oxygen atoms in total. The summed E-state index contributed by atoms with van der Waals surface area (Å²) in [6.45, 7) is 6.26. The maximum Gasteiger partial charge on any atom is 0.286 e. The highest BCUT2D eigenvalue weighted by molar-refractivity contribution is 7.92. The summed E-state index contributed by atoms with van der Waals surface area (Å²) in [6.07, 6.45) is 14.3. The zero-order valence-electron chi connectivity index (χ0n) is 30.3. The van der Waals surface area contributed by atoms with Crippen molar-refractivity contribution in [2.24, 2.45) is 29.2 Å². The van der Waals surface area contributed by atoms with Crippen molar-refractivity contribution < 1.29 is 23.3 Å². The molecule has 1 N–H and O–H groups in total. The number of aromatic nitrogens is 2. The molecule has 1 saturated carbocycles. The molecule has 1 fully saturated rings. The molecule has 51 heavy (non-hydrogen) atoms. The van der Waals surface area contributed by atoms with Gasteiger partial charge in [0.25, 0.3) is 5.91 Å². The molecule has 0 saturated heterocycles. The molecule has 4 aliphatic rings. The fourth-order valence-electron chi connectivity index (χ4n) is 8.62. The molecule has 272 valence electrons. The van der Waals surface area contributed by atoms with E-state index in [1.807, 2.05) is 32.3 Å². The summed E-state index contributed by atoms with van der Waals surface area (Å²) in [7, 11) is 0.153. The number of rotatable bonds is 5. The zero-order valence-corrected chi connectivity index (χ0v) is 31.1. The third-order valence-corrected chi connectivity index (χ3v) is 13.4. The molecule has 7 rings (SSSR count). The fourth-order valence-corrected chi connectivity index (χ4v) is 10.6. The number of methoxy groups -OCH3 is 1. The molecule has 2 bridgehead atoms. The van der Waals surface area contributed by atoms with E-state index in [9.17, 15) is 13.8 Å². The highest BCUT2D eigenvalue weighted by Crippen LogP contribution is 2.47. The number of benzene rings is 2. The average Bonchev–Trinajstić information content (AvgIpc) is 3.44. The average molecular weight is 714 g/mol. The lowest BCUT2D eigenvalue weighted by Crippen LogP contribution is -2.49. The molecule has 2 amide bonds. The van der Waals surface area contributed by atoms with Gasteiger partial charge in [0.2, 0.25) is 5.91 Å². The molecule has 3 heterocycles. The van der Waals surface area contributed by atoms with E-state index in [0.29, 0.717) is 36.8 Å². The summed E-state index contributed by atoms with van der Waals surface area (Å²) in [5, 5.41) is 4.17. The van der Waals surface area contributed by atoms with Gasteiger partial charge in [0.15, 0.2) is 0 Å². The van der Waals surface area contributed by atoms with E-state index in [-0.39, 0.29) is 29.6 Å². The van der Waals surface area contributed by atoms with E-state index < -0.39 is 21.7 Å². The fraction of sp³-hybridized carbons (Fsp3) is 0.525. The van der Waals surface area contributed by atoms with Crippen molar-refractivity contribution in [2.75, 3.05) is 37.5 Å².